The Morgan fingerprint density at radius 3 is 2.57 bits per heavy atom. The van der Waals surface area contributed by atoms with Gasteiger partial charge in [-0.25, -0.2) is 4.68 Å². The van der Waals surface area contributed by atoms with Crippen LogP contribution >= 0.6 is 0 Å². The van der Waals surface area contributed by atoms with Gasteiger partial charge in [0.2, 0.25) is 0 Å². The van der Waals surface area contributed by atoms with Crippen molar-refractivity contribution in [3.05, 3.63) is 47.8 Å². The summed E-state index contributed by atoms with van der Waals surface area (Å²) in [6.07, 6.45) is 8.78. The molecule has 0 aliphatic rings. The third-order valence-corrected chi connectivity index (χ3v) is 2.05. The van der Waals surface area contributed by atoms with E-state index in [1.807, 2.05) is 30.5 Å². The molecule has 1 aromatic carbocycles. The van der Waals surface area contributed by atoms with Crippen LogP contribution in [0, 0.1) is 19.3 Å². The Labute approximate surface area is 83.2 Å². The highest BCUT2D eigenvalue weighted by molar-refractivity contribution is 5.36. The number of nitrogens with zero attached hydrogens (tertiary/aromatic N) is 2. The molecule has 0 saturated carbocycles. The first-order chi connectivity index (χ1) is 6.79. The molecule has 1 aromatic heterocycles. The number of hydrogen-bond donors (Lipinski definition) is 0. The van der Waals surface area contributed by atoms with Gasteiger partial charge in [0.05, 0.1) is 17.4 Å². The van der Waals surface area contributed by atoms with Gasteiger partial charge in [-0.15, -0.1) is 6.42 Å². The second kappa shape index (κ2) is 3.39. The van der Waals surface area contributed by atoms with Crippen molar-refractivity contribution in [3.63, 3.8) is 0 Å². The summed E-state index contributed by atoms with van der Waals surface area (Å²) in [5, 5.41) is 4.16. The van der Waals surface area contributed by atoms with E-state index in [1.165, 1.54) is 5.56 Å². The minimum absolute atomic E-state index is 0.797. The quantitative estimate of drug-likeness (QED) is 0.618. The van der Waals surface area contributed by atoms with Crippen molar-refractivity contribution in [2.45, 2.75) is 6.92 Å². The predicted octanol–water partition coefficient (Wildman–Crippen LogP) is 2.16. The van der Waals surface area contributed by atoms with Crippen LogP contribution in [-0.4, -0.2) is 9.78 Å². The van der Waals surface area contributed by atoms with Gasteiger partial charge in [0.15, 0.2) is 0 Å². The van der Waals surface area contributed by atoms with E-state index in [2.05, 4.69) is 17.9 Å². The zero-order valence-electron chi connectivity index (χ0n) is 7.94. The van der Waals surface area contributed by atoms with E-state index in [9.17, 15) is 0 Å². The Hall–Kier alpha value is -2.01. The average molecular weight is 182 g/mol. The van der Waals surface area contributed by atoms with Crippen molar-refractivity contribution < 1.29 is 0 Å². The minimum Gasteiger partial charge on any atom is -0.240 e. The summed E-state index contributed by atoms with van der Waals surface area (Å²) < 4.78 is 1.77. The molecule has 0 atom stereocenters. The van der Waals surface area contributed by atoms with Gasteiger partial charge >= 0.3 is 0 Å². The fourth-order valence-corrected chi connectivity index (χ4v) is 1.24. The van der Waals surface area contributed by atoms with Crippen LogP contribution in [0.2, 0.25) is 0 Å². The maximum atomic E-state index is 5.26. The van der Waals surface area contributed by atoms with Gasteiger partial charge in [0.25, 0.3) is 0 Å². The molecule has 2 nitrogen and oxygen atoms in total. The van der Waals surface area contributed by atoms with Gasteiger partial charge in [-0.2, -0.15) is 5.10 Å². The fraction of sp³-hybridized carbons (Fsp3) is 0.0833. The Kier molecular flexibility index (Phi) is 2.08. The number of benzene rings is 1. The van der Waals surface area contributed by atoms with E-state index in [1.54, 1.807) is 10.9 Å². The summed E-state index contributed by atoms with van der Waals surface area (Å²) in [7, 11) is 0. The van der Waals surface area contributed by atoms with Crippen LogP contribution in [0.15, 0.2) is 36.7 Å². The second-order valence-corrected chi connectivity index (χ2v) is 3.15. The molecule has 0 N–H and O–H groups in total. The first kappa shape index (κ1) is 8.58. The molecule has 2 heteroatoms. The van der Waals surface area contributed by atoms with Crippen LogP contribution in [0.3, 0.4) is 0 Å². The molecule has 0 aliphatic carbocycles. The van der Waals surface area contributed by atoms with Gasteiger partial charge in [0.1, 0.15) is 0 Å². The maximum absolute atomic E-state index is 5.26. The molecule has 0 amide bonds. The number of rotatable bonds is 1. The third kappa shape index (κ3) is 1.53. The van der Waals surface area contributed by atoms with E-state index in [0.29, 0.717) is 0 Å². The van der Waals surface area contributed by atoms with Gasteiger partial charge < -0.3 is 0 Å². The fourth-order valence-electron chi connectivity index (χ4n) is 1.24. The summed E-state index contributed by atoms with van der Waals surface area (Å²) >= 11 is 0. The molecule has 0 radical (unpaired) electrons. The monoisotopic (exact) mass is 182 g/mol. The first-order valence-corrected chi connectivity index (χ1v) is 4.38. The van der Waals surface area contributed by atoms with E-state index >= 15 is 0 Å². The van der Waals surface area contributed by atoms with Crippen molar-refractivity contribution in [2.24, 2.45) is 0 Å². The summed E-state index contributed by atoms with van der Waals surface area (Å²) in [4.78, 5) is 0. The van der Waals surface area contributed by atoms with Crippen LogP contribution in [0.25, 0.3) is 5.69 Å². The maximum Gasteiger partial charge on any atom is 0.0651 e. The van der Waals surface area contributed by atoms with E-state index in [0.717, 1.165) is 11.3 Å². The lowest BCUT2D eigenvalue weighted by Gasteiger charge is -2.00. The third-order valence-electron chi connectivity index (χ3n) is 2.05. The molecule has 2 aromatic rings. The van der Waals surface area contributed by atoms with Crippen molar-refractivity contribution in [1.82, 2.24) is 9.78 Å². The lowest BCUT2D eigenvalue weighted by atomic mass is 10.2. The van der Waals surface area contributed by atoms with Crippen molar-refractivity contribution in [3.8, 4) is 18.0 Å². The van der Waals surface area contributed by atoms with Gasteiger partial charge in [0, 0.05) is 6.20 Å². The molecular formula is C12H10N2. The van der Waals surface area contributed by atoms with Crippen molar-refractivity contribution >= 4 is 0 Å². The van der Waals surface area contributed by atoms with Crippen molar-refractivity contribution in [1.29, 1.82) is 0 Å². The second-order valence-electron chi connectivity index (χ2n) is 3.15. The van der Waals surface area contributed by atoms with Crippen LogP contribution < -0.4 is 0 Å². The highest BCUT2D eigenvalue weighted by Crippen LogP contribution is 2.08. The zero-order chi connectivity index (χ0) is 9.97. The molecule has 68 valence electrons. The van der Waals surface area contributed by atoms with Crippen LogP contribution in [-0.2, 0) is 0 Å². The van der Waals surface area contributed by atoms with Crippen LogP contribution in [0.4, 0.5) is 0 Å². The summed E-state index contributed by atoms with van der Waals surface area (Å²) in [5.41, 5.74) is 3.06. The number of aryl methyl sites for hydroxylation is 1. The lowest BCUT2D eigenvalue weighted by Crippen LogP contribution is -1.93. The van der Waals surface area contributed by atoms with Gasteiger partial charge in [-0.05, 0) is 19.1 Å². The SMILES string of the molecule is C#Cc1cnn(-c2ccc(C)cc2)c1. The number of hydrogen-bond acceptors (Lipinski definition) is 1. The largest absolute Gasteiger partial charge is 0.240 e. The first-order valence-electron chi connectivity index (χ1n) is 4.38. The molecule has 0 bridgehead atoms. The number of aromatic nitrogens is 2. The molecule has 1 heterocycles. The Balaban J connectivity index is 2.40. The molecule has 14 heavy (non-hydrogen) atoms. The molecular weight excluding hydrogens is 172 g/mol. The highest BCUT2D eigenvalue weighted by Gasteiger charge is 1.97. The molecule has 0 fully saturated rings. The number of terminal acetylenes is 1. The lowest BCUT2D eigenvalue weighted by molar-refractivity contribution is 0.880. The topological polar surface area (TPSA) is 17.8 Å². The normalized spacial score (nSPS) is 9.71. The van der Waals surface area contributed by atoms with Crippen LogP contribution in [0.5, 0.6) is 0 Å². The Morgan fingerprint density at radius 1 is 1.29 bits per heavy atom. The van der Waals surface area contributed by atoms with Gasteiger partial charge in [-0.1, -0.05) is 23.6 Å². The minimum atomic E-state index is 0.797. The highest BCUT2D eigenvalue weighted by atomic mass is 15.3. The molecule has 0 saturated heterocycles. The predicted molar refractivity (Wildman–Crippen MR) is 56.2 cm³/mol. The summed E-state index contributed by atoms with van der Waals surface area (Å²) in [5.74, 6) is 2.55. The average Bonchev–Trinajstić information content (AvgIpc) is 2.67. The van der Waals surface area contributed by atoms with Crippen molar-refractivity contribution in [2.75, 3.05) is 0 Å². The summed E-state index contributed by atoms with van der Waals surface area (Å²) in [6, 6.07) is 8.13. The smallest absolute Gasteiger partial charge is 0.0651 e. The molecule has 0 unspecified atom stereocenters. The van der Waals surface area contributed by atoms with E-state index in [-0.39, 0.29) is 0 Å². The summed E-state index contributed by atoms with van der Waals surface area (Å²) in [6.45, 7) is 2.06. The van der Waals surface area contributed by atoms with Crippen LogP contribution in [0.1, 0.15) is 11.1 Å². The van der Waals surface area contributed by atoms with E-state index < -0.39 is 0 Å². The molecule has 2 rings (SSSR count). The molecule has 0 aliphatic heterocycles. The zero-order valence-corrected chi connectivity index (χ0v) is 7.94. The van der Waals surface area contributed by atoms with E-state index in [4.69, 9.17) is 6.42 Å². The molecule has 0 spiro atoms. The standard InChI is InChI=1S/C12H10N2/c1-3-11-8-13-14(9-11)12-6-4-10(2)5-7-12/h1,4-9H,2H3. The Bertz CT molecular complexity index is 472. The van der Waals surface area contributed by atoms with Gasteiger partial charge in [-0.3, -0.25) is 0 Å². The Morgan fingerprint density at radius 2 is 2.00 bits per heavy atom.